The van der Waals surface area contributed by atoms with Crippen LogP contribution < -0.4 is 29.2 Å². The molecule has 6 rings (SSSR count). The summed E-state index contributed by atoms with van der Waals surface area (Å²) in [6, 6.07) is 21.9. The third kappa shape index (κ3) is 4.27. The van der Waals surface area contributed by atoms with Crippen molar-refractivity contribution in [2.75, 3.05) is 25.9 Å². The van der Waals surface area contributed by atoms with Crippen LogP contribution in [-0.2, 0) is 17.9 Å². The number of nitrogens with one attached hydrogen (secondary N) is 1. The Kier molecular flexibility index (Phi) is 6.30. The van der Waals surface area contributed by atoms with Gasteiger partial charge in [-0.25, -0.2) is 0 Å². The Morgan fingerprint density at radius 3 is 2.55 bits per heavy atom. The van der Waals surface area contributed by atoms with E-state index in [4.69, 9.17) is 24.0 Å². The molecule has 10 nitrogen and oxygen atoms in total. The fourth-order valence-corrected chi connectivity index (χ4v) is 5.13. The normalized spacial score (nSPS) is 17.4. The maximum atomic E-state index is 14.1. The number of para-hydroxylation sites is 1. The average Bonchev–Trinajstić information content (AvgIpc) is 3.63. The highest BCUT2D eigenvalue weighted by molar-refractivity contribution is 6.12. The van der Waals surface area contributed by atoms with E-state index in [0.717, 1.165) is 16.9 Å². The lowest BCUT2D eigenvalue weighted by atomic mass is 9.93. The Labute approximate surface area is 231 Å². The summed E-state index contributed by atoms with van der Waals surface area (Å²) in [4.78, 5) is 29.6. The van der Waals surface area contributed by atoms with Crippen molar-refractivity contribution in [3.05, 3.63) is 84.1 Å². The van der Waals surface area contributed by atoms with E-state index in [9.17, 15) is 9.59 Å². The smallest absolute Gasteiger partial charge is 0.277 e. The highest BCUT2D eigenvalue weighted by atomic mass is 16.7. The van der Waals surface area contributed by atoms with Crippen LogP contribution in [0.25, 0.3) is 11.3 Å². The highest BCUT2D eigenvalue weighted by Crippen LogP contribution is 2.40. The molecule has 204 valence electrons. The van der Waals surface area contributed by atoms with Crippen LogP contribution >= 0.6 is 0 Å². The van der Waals surface area contributed by atoms with E-state index in [0.29, 0.717) is 34.3 Å². The summed E-state index contributed by atoms with van der Waals surface area (Å²) < 4.78 is 23.3. The van der Waals surface area contributed by atoms with Crippen LogP contribution in [0.15, 0.2) is 72.8 Å². The van der Waals surface area contributed by atoms with Gasteiger partial charge in [0.15, 0.2) is 11.5 Å². The first-order valence-electron chi connectivity index (χ1n) is 12.8. The van der Waals surface area contributed by atoms with Crippen molar-refractivity contribution in [1.82, 2.24) is 15.1 Å². The molecule has 0 bridgehead atoms. The number of ether oxygens (including phenoxy) is 4. The first kappa shape index (κ1) is 25.3. The van der Waals surface area contributed by atoms with Gasteiger partial charge in [0.2, 0.25) is 12.7 Å². The van der Waals surface area contributed by atoms with Crippen LogP contribution in [-0.4, -0.2) is 48.1 Å². The molecule has 2 aliphatic heterocycles. The minimum Gasteiger partial charge on any atom is -0.497 e. The van der Waals surface area contributed by atoms with Gasteiger partial charge in [-0.1, -0.05) is 18.2 Å². The van der Waals surface area contributed by atoms with E-state index in [1.807, 2.05) is 48.5 Å². The van der Waals surface area contributed by atoms with E-state index < -0.39 is 5.54 Å². The zero-order chi connectivity index (χ0) is 27.9. The van der Waals surface area contributed by atoms with Crippen LogP contribution in [0.5, 0.6) is 23.0 Å². The zero-order valence-corrected chi connectivity index (χ0v) is 22.3. The van der Waals surface area contributed by atoms with Gasteiger partial charge in [0, 0.05) is 29.4 Å². The molecule has 0 unspecified atom stereocenters. The van der Waals surface area contributed by atoms with E-state index in [1.165, 1.54) is 4.90 Å². The molecule has 0 fully saturated rings. The molecule has 10 heteroatoms. The summed E-state index contributed by atoms with van der Waals surface area (Å²) >= 11 is 0. The SMILES string of the molecule is COc1ccc(-c2cc3n(n2)C[C@@](C)(C(=O)NCc2ccccc2OC)N(c2ccc4c(c2)OCO4)C3=O)cc1. The Balaban J connectivity index is 1.38. The Hall–Kier alpha value is -4.99. The molecular weight excluding hydrogens is 512 g/mol. The molecule has 40 heavy (non-hydrogen) atoms. The van der Waals surface area contributed by atoms with Gasteiger partial charge in [0.05, 0.1) is 26.5 Å². The average molecular weight is 541 g/mol. The van der Waals surface area contributed by atoms with Crippen LogP contribution in [0, 0.1) is 0 Å². The van der Waals surface area contributed by atoms with Crippen molar-refractivity contribution < 1.29 is 28.5 Å². The molecule has 1 aromatic heterocycles. The lowest BCUT2D eigenvalue weighted by molar-refractivity contribution is -0.126. The summed E-state index contributed by atoms with van der Waals surface area (Å²) in [5, 5.41) is 7.73. The molecule has 0 saturated carbocycles. The van der Waals surface area contributed by atoms with Crippen molar-refractivity contribution >= 4 is 17.5 Å². The maximum Gasteiger partial charge on any atom is 0.277 e. The molecule has 0 spiro atoms. The second-order valence-corrected chi connectivity index (χ2v) is 9.75. The zero-order valence-electron chi connectivity index (χ0n) is 22.3. The van der Waals surface area contributed by atoms with Crippen molar-refractivity contribution in [2.24, 2.45) is 0 Å². The number of aromatic nitrogens is 2. The molecule has 2 aliphatic rings. The lowest BCUT2D eigenvalue weighted by Crippen LogP contribution is -2.64. The van der Waals surface area contributed by atoms with E-state index in [-0.39, 0.29) is 31.7 Å². The summed E-state index contributed by atoms with van der Waals surface area (Å²) in [6.45, 7) is 2.20. The van der Waals surface area contributed by atoms with Crippen LogP contribution in [0.1, 0.15) is 23.0 Å². The molecular formula is C30H28N4O6. The van der Waals surface area contributed by atoms with Crippen molar-refractivity contribution in [2.45, 2.75) is 25.6 Å². The van der Waals surface area contributed by atoms with E-state index in [1.54, 1.807) is 50.1 Å². The minimum absolute atomic E-state index is 0.0986. The summed E-state index contributed by atoms with van der Waals surface area (Å²) in [5.41, 5.74) is 1.84. The van der Waals surface area contributed by atoms with Crippen molar-refractivity contribution in [1.29, 1.82) is 0 Å². The van der Waals surface area contributed by atoms with E-state index in [2.05, 4.69) is 5.32 Å². The second kappa shape index (κ2) is 9.96. The largest absolute Gasteiger partial charge is 0.497 e. The molecule has 4 aromatic rings. The monoisotopic (exact) mass is 540 g/mol. The molecule has 3 heterocycles. The van der Waals surface area contributed by atoms with Gasteiger partial charge in [-0.3, -0.25) is 19.2 Å². The van der Waals surface area contributed by atoms with Gasteiger partial charge < -0.3 is 24.3 Å². The quantitative estimate of drug-likeness (QED) is 0.377. The number of methoxy groups -OCH3 is 2. The number of hydrogen-bond donors (Lipinski definition) is 1. The van der Waals surface area contributed by atoms with Gasteiger partial charge >= 0.3 is 0 Å². The Morgan fingerprint density at radius 2 is 1.77 bits per heavy atom. The number of carbonyl (C=O) groups is 2. The van der Waals surface area contributed by atoms with Gasteiger partial charge in [-0.15, -0.1) is 0 Å². The van der Waals surface area contributed by atoms with Crippen molar-refractivity contribution in [3.63, 3.8) is 0 Å². The van der Waals surface area contributed by atoms with E-state index >= 15 is 0 Å². The third-order valence-corrected chi connectivity index (χ3v) is 7.27. The molecule has 0 radical (unpaired) electrons. The molecule has 1 atom stereocenters. The maximum absolute atomic E-state index is 14.1. The molecule has 2 amide bonds. The lowest BCUT2D eigenvalue weighted by Gasteiger charge is -2.43. The highest BCUT2D eigenvalue weighted by Gasteiger charge is 2.49. The summed E-state index contributed by atoms with van der Waals surface area (Å²) in [5.74, 6) is 1.79. The molecule has 3 aromatic carbocycles. The molecule has 1 N–H and O–H groups in total. The van der Waals surface area contributed by atoms with Gasteiger partial charge in [0.1, 0.15) is 22.7 Å². The number of carbonyl (C=O) groups excluding carboxylic acids is 2. The van der Waals surface area contributed by atoms with Crippen LogP contribution in [0.3, 0.4) is 0 Å². The van der Waals surface area contributed by atoms with Crippen LogP contribution in [0.2, 0.25) is 0 Å². The second-order valence-electron chi connectivity index (χ2n) is 9.75. The van der Waals surface area contributed by atoms with Crippen molar-refractivity contribution in [3.8, 4) is 34.3 Å². The number of benzene rings is 3. The fourth-order valence-electron chi connectivity index (χ4n) is 5.13. The number of anilines is 1. The Morgan fingerprint density at radius 1 is 1.00 bits per heavy atom. The number of hydrogen-bond acceptors (Lipinski definition) is 7. The first-order chi connectivity index (χ1) is 19.4. The third-order valence-electron chi connectivity index (χ3n) is 7.27. The predicted octanol–water partition coefficient (Wildman–Crippen LogP) is 4.03. The number of amides is 2. The number of rotatable bonds is 7. The predicted molar refractivity (Wildman–Crippen MR) is 147 cm³/mol. The molecule has 0 saturated heterocycles. The van der Waals surface area contributed by atoms with Crippen LogP contribution in [0.4, 0.5) is 5.69 Å². The number of nitrogens with zero attached hydrogens (tertiary/aromatic N) is 3. The topological polar surface area (TPSA) is 104 Å². The molecule has 0 aliphatic carbocycles. The summed E-state index contributed by atoms with van der Waals surface area (Å²) in [7, 11) is 3.19. The standard InChI is InChI=1S/C30H28N4O6/c1-30(29(36)31-16-20-6-4-5-7-25(20)38-3)17-33-24(15-23(32-33)19-8-11-22(37-2)12-9-19)28(35)34(30)21-10-13-26-27(14-21)40-18-39-26/h4-15H,16-18H2,1-3H3,(H,31,36)/t30-/m0/s1. The van der Waals surface area contributed by atoms with Gasteiger partial charge in [-0.2, -0.15) is 5.10 Å². The summed E-state index contributed by atoms with van der Waals surface area (Å²) in [6.07, 6.45) is 0. The Bertz CT molecular complexity index is 1600. The van der Waals surface area contributed by atoms with Gasteiger partial charge in [0.25, 0.3) is 5.91 Å². The number of fused-ring (bicyclic) bond motifs is 2. The minimum atomic E-state index is -1.32. The van der Waals surface area contributed by atoms with Gasteiger partial charge in [-0.05, 0) is 55.5 Å². The fraction of sp³-hybridized carbons (Fsp3) is 0.233. The first-order valence-corrected chi connectivity index (χ1v) is 12.8.